The molecular formula is C23H25N3O4S. The normalized spacial score (nSPS) is 11.0. The number of carbonyl (C=O) groups excluding carboxylic acids is 1. The van der Waals surface area contributed by atoms with Crippen molar-refractivity contribution in [3.63, 3.8) is 0 Å². The highest BCUT2D eigenvalue weighted by atomic mass is 32.2. The molecule has 0 unspecified atom stereocenters. The summed E-state index contributed by atoms with van der Waals surface area (Å²) in [5, 5.41) is 2.78. The van der Waals surface area contributed by atoms with E-state index in [1.807, 2.05) is 25.1 Å². The van der Waals surface area contributed by atoms with Crippen LogP contribution < -0.4 is 14.4 Å². The number of aromatic nitrogens is 1. The van der Waals surface area contributed by atoms with Crippen molar-refractivity contribution in [1.29, 1.82) is 0 Å². The third-order valence-corrected chi connectivity index (χ3v) is 6.48. The van der Waals surface area contributed by atoms with E-state index in [0.717, 1.165) is 11.3 Å². The predicted molar refractivity (Wildman–Crippen MR) is 120 cm³/mol. The number of carbonyl (C=O) groups is 1. The van der Waals surface area contributed by atoms with Crippen molar-refractivity contribution in [2.45, 2.75) is 18.2 Å². The van der Waals surface area contributed by atoms with Crippen molar-refractivity contribution in [3.8, 4) is 5.75 Å². The fraction of sp³-hybridized carbons (Fsp3) is 0.217. The monoisotopic (exact) mass is 439 g/mol. The Morgan fingerprint density at radius 1 is 1.03 bits per heavy atom. The molecule has 31 heavy (non-hydrogen) atoms. The molecule has 0 bridgehead atoms. The van der Waals surface area contributed by atoms with Crippen LogP contribution >= 0.6 is 0 Å². The van der Waals surface area contributed by atoms with Crippen LogP contribution in [0.5, 0.6) is 5.75 Å². The molecule has 0 spiro atoms. The number of nitrogens with one attached hydrogen (secondary N) is 1. The molecule has 162 valence electrons. The van der Waals surface area contributed by atoms with Crippen LogP contribution in [0.1, 0.15) is 11.3 Å². The van der Waals surface area contributed by atoms with E-state index in [1.54, 1.807) is 54.7 Å². The van der Waals surface area contributed by atoms with E-state index in [9.17, 15) is 13.2 Å². The Morgan fingerprint density at radius 2 is 1.74 bits per heavy atom. The van der Waals surface area contributed by atoms with Gasteiger partial charge in [0.05, 0.1) is 10.6 Å². The molecule has 0 saturated heterocycles. The van der Waals surface area contributed by atoms with Crippen molar-refractivity contribution in [3.05, 3.63) is 84.2 Å². The first-order valence-electron chi connectivity index (χ1n) is 9.81. The van der Waals surface area contributed by atoms with Crippen molar-refractivity contribution >= 4 is 21.6 Å². The van der Waals surface area contributed by atoms with Crippen molar-refractivity contribution in [1.82, 2.24) is 10.3 Å². The maximum atomic E-state index is 12.8. The van der Waals surface area contributed by atoms with Gasteiger partial charge in [-0.15, -0.1) is 0 Å². The Labute approximate surface area is 182 Å². The molecule has 2 aromatic carbocycles. The van der Waals surface area contributed by atoms with E-state index >= 15 is 0 Å². The van der Waals surface area contributed by atoms with Gasteiger partial charge in [-0.25, -0.2) is 8.42 Å². The smallest absolute Gasteiger partial charge is 0.264 e. The van der Waals surface area contributed by atoms with Gasteiger partial charge in [0.25, 0.3) is 15.9 Å². The lowest BCUT2D eigenvalue weighted by Crippen LogP contribution is -2.30. The van der Waals surface area contributed by atoms with Crippen LogP contribution in [0.4, 0.5) is 5.69 Å². The number of rotatable bonds is 9. The van der Waals surface area contributed by atoms with Gasteiger partial charge in [0, 0.05) is 31.9 Å². The van der Waals surface area contributed by atoms with E-state index in [0.29, 0.717) is 24.4 Å². The molecule has 3 aromatic rings. The second kappa shape index (κ2) is 10.1. The highest BCUT2D eigenvalue weighted by Crippen LogP contribution is 2.24. The first kappa shape index (κ1) is 22.3. The second-order valence-electron chi connectivity index (χ2n) is 6.99. The van der Waals surface area contributed by atoms with E-state index in [2.05, 4.69) is 10.3 Å². The number of anilines is 1. The minimum absolute atomic E-state index is 0.126. The Kier molecular flexibility index (Phi) is 7.25. The lowest BCUT2D eigenvalue weighted by molar-refractivity contribution is -0.123. The molecular weight excluding hydrogens is 414 g/mol. The lowest BCUT2D eigenvalue weighted by Gasteiger charge is -2.20. The predicted octanol–water partition coefficient (Wildman–Crippen LogP) is 2.95. The first-order valence-corrected chi connectivity index (χ1v) is 11.3. The van der Waals surface area contributed by atoms with E-state index < -0.39 is 10.0 Å². The van der Waals surface area contributed by atoms with Gasteiger partial charge >= 0.3 is 0 Å². The number of hydrogen-bond donors (Lipinski definition) is 1. The molecule has 0 aliphatic rings. The van der Waals surface area contributed by atoms with E-state index in [4.69, 9.17) is 4.74 Å². The quantitative estimate of drug-likeness (QED) is 0.554. The third-order valence-electron chi connectivity index (χ3n) is 4.68. The number of ether oxygens (including phenoxy) is 1. The number of hydrogen-bond acceptors (Lipinski definition) is 5. The summed E-state index contributed by atoms with van der Waals surface area (Å²) in [6.07, 6.45) is 2.36. The van der Waals surface area contributed by atoms with Gasteiger partial charge in [-0.1, -0.05) is 23.8 Å². The van der Waals surface area contributed by atoms with Gasteiger partial charge in [0.2, 0.25) is 0 Å². The van der Waals surface area contributed by atoms with Crippen LogP contribution in [0.3, 0.4) is 0 Å². The molecule has 1 heterocycles. The number of aryl methyl sites for hydroxylation is 1. The summed E-state index contributed by atoms with van der Waals surface area (Å²) in [6.45, 7) is 2.25. The highest BCUT2D eigenvalue weighted by Gasteiger charge is 2.21. The Bertz CT molecular complexity index is 1100. The van der Waals surface area contributed by atoms with Crippen LogP contribution in [-0.4, -0.2) is 39.5 Å². The molecule has 1 N–H and O–H groups in total. The standard InChI is InChI=1S/C23H25N3O4S/c1-18-6-12-22(13-7-18)31(28,29)26(2)20-8-10-21(11-9-20)30-17-23(27)25-16-14-19-5-3-4-15-24-19/h3-13,15H,14,16-17H2,1-2H3,(H,25,27). The summed E-state index contributed by atoms with van der Waals surface area (Å²) < 4.78 is 32.3. The summed E-state index contributed by atoms with van der Waals surface area (Å²) in [4.78, 5) is 16.4. The largest absolute Gasteiger partial charge is 0.484 e. The zero-order chi connectivity index (χ0) is 22.3. The van der Waals surface area contributed by atoms with Gasteiger partial charge in [-0.05, 0) is 55.5 Å². The molecule has 3 rings (SSSR count). The average Bonchev–Trinajstić information content (AvgIpc) is 2.78. The van der Waals surface area contributed by atoms with Gasteiger partial charge in [-0.2, -0.15) is 0 Å². The van der Waals surface area contributed by atoms with Crippen molar-refractivity contribution in [2.24, 2.45) is 0 Å². The Morgan fingerprint density at radius 3 is 2.39 bits per heavy atom. The third kappa shape index (κ3) is 6.05. The minimum Gasteiger partial charge on any atom is -0.484 e. The minimum atomic E-state index is -3.66. The van der Waals surface area contributed by atoms with Crippen LogP contribution in [0.25, 0.3) is 0 Å². The molecule has 0 radical (unpaired) electrons. The average molecular weight is 440 g/mol. The summed E-state index contributed by atoms with van der Waals surface area (Å²) in [6, 6.07) is 18.9. The zero-order valence-electron chi connectivity index (χ0n) is 17.5. The topological polar surface area (TPSA) is 88.6 Å². The summed E-state index contributed by atoms with van der Waals surface area (Å²) in [7, 11) is -2.16. The molecule has 0 saturated carbocycles. The van der Waals surface area contributed by atoms with Crippen LogP contribution in [0.15, 0.2) is 77.8 Å². The fourth-order valence-corrected chi connectivity index (χ4v) is 4.03. The zero-order valence-corrected chi connectivity index (χ0v) is 18.3. The number of pyridine rings is 1. The maximum absolute atomic E-state index is 12.8. The second-order valence-corrected chi connectivity index (χ2v) is 8.96. The SMILES string of the molecule is Cc1ccc(S(=O)(=O)N(C)c2ccc(OCC(=O)NCCc3ccccn3)cc2)cc1. The Balaban J connectivity index is 1.51. The molecule has 0 aliphatic carbocycles. The van der Waals surface area contributed by atoms with Gasteiger partial charge < -0.3 is 10.1 Å². The van der Waals surface area contributed by atoms with Crippen molar-refractivity contribution in [2.75, 3.05) is 24.5 Å². The maximum Gasteiger partial charge on any atom is 0.264 e. The van der Waals surface area contributed by atoms with Gasteiger partial charge in [-0.3, -0.25) is 14.1 Å². The fourth-order valence-electron chi connectivity index (χ4n) is 2.84. The molecule has 0 fully saturated rings. The molecule has 1 aromatic heterocycles. The van der Waals surface area contributed by atoms with Crippen molar-refractivity contribution < 1.29 is 17.9 Å². The van der Waals surface area contributed by atoms with E-state index in [-0.39, 0.29) is 17.4 Å². The van der Waals surface area contributed by atoms with Crippen LogP contribution in [-0.2, 0) is 21.2 Å². The summed E-state index contributed by atoms with van der Waals surface area (Å²) >= 11 is 0. The first-order chi connectivity index (χ1) is 14.9. The molecule has 1 amide bonds. The van der Waals surface area contributed by atoms with Gasteiger partial charge in [0.15, 0.2) is 6.61 Å². The van der Waals surface area contributed by atoms with Gasteiger partial charge in [0.1, 0.15) is 5.75 Å². The molecule has 7 nitrogen and oxygen atoms in total. The number of nitrogens with zero attached hydrogens (tertiary/aromatic N) is 2. The lowest BCUT2D eigenvalue weighted by atomic mass is 10.2. The summed E-state index contributed by atoms with van der Waals surface area (Å²) in [5.41, 5.74) is 2.39. The number of benzene rings is 2. The molecule has 0 atom stereocenters. The molecule has 8 heteroatoms. The Hall–Kier alpha value is -3.39. The van der Waals surface area contributed by atoms with E-state index in [1.165, 1.54) is 11.4 Å². The molecule has 0 aliphatic heterocycles. The number of amides is 1. The van der Waals surface area contributed by atoms with Crippen LogP contribution in [0, 0.1) is 6.92 Å². The van der Waals surface area contributed by atoms with Crippen LogP contribution in [0.2, 0.25) is 0 Å². The number of sulfonamides is 1. The highest BCUT2D eigenvalue weighted by molar-refractivity contribution is 7.92. The summed E-state index contributed by atoms with van der Waals surface area (Å²) in [5.74, 6) is 0.240.